The summed E-state index contributed by atoms with van der Waals surface area (Å²) in [6, 6.07) is 6.44. The van der Waals surface area contributed by atoms with Gasteiger partial charge in [-0.1, -0.05) is 29.8 Å². The molecule has 1 fully saturated rings. The first kappa shape index (κ1) is 19.8. The summed E-state index contributed by atoms with van der Waals surface area (Å²) >= 11 is 0. The van der Waals surface area contributed by atoms with Crippen molar-refractivity contribution in [3.63, 3.8) is 0 Å². The van der Waals surface area contributed by atoms with E-state index in [0.717, 1.165) is 28.7 Å². The number of aryl methyl sites for hydroxylation is 1. The van der Waals surface area contributed by atoms with Gasteiger partial charge in [-0.05, 0) is 25.3 Å². The molecule has 9 heteroatoms. The molecule has 1 amide bonds. The standard InChI is InChI=1S/C20H23F3N4O2/c1-12-4-6-13(7-5-12)15-9-17(20(21,22)23)27-18(25-15)10-16(26-27)19(28)24-11-14-3-2-8-29-14/h4-7,10,14-15,17,25H,2-3,8-9,11H2,1H3,(H,24,28)/t14-,15+,17+/m1/s1. The first-order valence-electron chi connectivity index (χ1n) is 9.70. The lowest BCUT2D eigenvalue weighted by Gasteiger charge is -2.33. The Labute approximate surface area is 166 Å². The predicted molar refractivity (Wildman–Crippen MR) is 101 cm³/mol. The molecule has 0 bridgehead atoms. The zero-order chi connectivity index (χ0) is 20.6. The molecule has 2 aliphatic rings. The zero-order valence-corrected chi connectivity index (χ0v) is 16.0. The van der Waals surface area contributed by atoms with E-state index >= 15 is 0 Å². The molecule has 156 valence electrons. The number of alkyl halides is 3. The van der Waals surface area contributed by atoms with Crippen molar-refractivity contribution in [1.82, 2.24) is 15.1 Å². The molecule has 4 rings (SSSR count). The number of carbonyl (C=O) groups excluding carboxylic acids is 1. The molecule has 3 atom stereocenters. The van der Waals surface area contributed by atoms with Gasteiger partial charge in [0.05, 0.1) is 12.1 Å². The van der Waals surface area contributed by atoms with Crippen LogP contribution in [0.1, 0.15) is 53.0 Å². The average Bonchev–Trinajstić information content (AvgIpc) is 3.34. The molecular formula is C20H23F3N4O2. The number of carbonyl (C=O) groups is 1. The van der Waals surface area contributed by atoms with Crippen molar-refractivity contribution in [2.24, 2.45) is 0 Å². The van der Waals surface area contributed by atoms with Gasteiger partial charge in [0.1, 0.15) is 5.82 Å². The monoisotopic (exact) mass is 408 g/mol. The van der Waals surface area contributed by atoms with E-state index in [1.165, 1.54) is 6.07 Å². The summed E-state index contributed by atoms with van der Waals surface area (Å²) in [5.41, 5.74) is 1.76. The number of hydrogen-bond donors (Lipinski definition) is 2. The fourth-order valence-electron chi connectivity index (χ4n) is 3.80. The van der Waals surface area contributed by atoms with Gasteiger partial charge in [-0.15, -0.1) is 0 Å². The SMILES string of the molecule is Cc1ccc([C@@H]2C[C@@H](C(F)(F)F)n3nc(C(=O)NC[C@H]4CCCO4)cc3N2)cc1. The van der Waals surface area contributed by atoms with Crippen LogP contribution in [0.2, 0.25) is 0 Å². The highest BCUT2D eigenvalue weighted by Crippen LogP contribution is 2.43. The second-order valence-corrected chi connectivity index (χ2v) is 7.61. The molecule has 1 aromatic heterocycles. The van der Waals surface area contributed by atoms with E-state index in [9.17, 15) is 18.0 Å². The molecule has 0 aliphatic carbocycles. The minimum absolute atomic E-state index is 0.0377. The number of nitrogens with zero attached hydrogens (tertiary/aromatic N) is 2. The molecule has 2 aliphatic heterocycles. The number of fused-ring (bicyclic) bond motifs is 1. The maximum Gasteiger partial charge on any atom is 0.410 e. The second-order valence-electron chi connectivity index (χ2n) is 7.61. The number of ether oxygens (including phenoxy) is 1. The van der Waals surface area contributed by atoms with E-state index in [4.69, 9.17) is 4.74 Å². The van der Waals surface area contributed by atoms with Gasteiger partial charge < -0.3 is 15.4 Å². The fraction of sp³-hybridized carbons (Fsp3) is 0.500. The molecule has 3 heterocycles. The minimum Gasteiger partial charge on any atom is -0.376 e. The van der Waals surface area contributed by atoms with Gasteiger partial charge in [-0.25, -0.2) is 4.68 Å². The Morgan fingerprint density at radius 2 is 2.10 bits per heavy atom. The third kappa shape index (κ3) is 4.24. The first-order chi connectivity index (χ1) is 13.8. The van der Waals surface area contributed by atoms with Crippen molar-refractivity contribution in [2.75, 3.05) is 18.5 Å². The van der Waals surface area contributed by atoms with E-state index < -0.39 is 24.2 Å². The lowest BCUT2D eigenvalue weighted by atomic mass is 9.96. The summed E-state index contributed by atoms with van der Waals surface area (Å²) in [6.07, 6.45) is -2.93. The molecule has 0 radical (unpaired) electrons. The largest absolute Gasteiger partial charge is 0.410 e. The summed E-state index contributed by atoms with van der Waals surface area (Å²) < 4.78 is 47.5. The number of nitrogens with one attached hydrogen (secondary N) is 2. The summed E-state index contributed by atoms with van der Waals surface area (Å²) in [7, 11) is 0. The molecule has 0 unspecified atom stereocenters. The number of hydrogen-bond acceptors (Lipinski definition) is 4. The van der Waals surface area contributed by atoms with Crippen LogP contribution in [0.3, 0.4) is 0 Å². The highest BCUT2D eigenvalue weighted by Gasteiger charge is 2.46. The highest BCUT2D eigenvalue weighted by atomic mass is 19.4. The van der Waals surface area contributed by atoms with Crippen LogP contribution in [0.5, 0.6) is 0 Å². The minimum atomic E-state index is -4.47. The molecule has 6 nitrogen and oxygen atoms in total. The number of halogens is 3. The molecule has 1 aromatic carbocycles. The maximum absolute atomic E-state index is 13.7. The Bertz CT molecular complexity index is 873. The topological polar surface area (TPSA) is 68.2 Å². The maximum atomic E-state index is 13.7. The van der Waals surface area contributed by atoms with Crippen LogP contribution in [0, 0.1) is 6.92 Å². The van der Waals surface area contributed by atoms with Crippen LogP contribution < -0.4 is 10.6 Å². The molecular weight excluding hydrogens is 385 g/mol. The molecule has 29 heavy (non-hydrogen) atoms. The normalized spacial score (nSPS) is 24.1. The van der Waals surface area contributed by atoms with Crippen molar-refractivity contribution in [2.45, 2.75) is 50.6 Å². The van der Waals surface area contributed by atoms with E-state index in [0.29, 0.717) is 13.2 Å². The Hall–Kier alpha value is -2.55. The number of amides is 1. The second kappa shape index (κ2) is 7.70. The van der Waals surface area contributed by atoms with E-state index in [-0.39, 0.29) is 24.0 Å². The Balaban J connectivity index is 1.56. The summed E-state index contributed by atoms with van der Waals surface area (Å²) in [5.74, 6) is -0.316. The first-order valence-corrected chi connectivity index (χ1v) is 9.70. The summed E-state index contributed by atoms with van der Waals surface area (Å²) in [4.78, 5) is 12.4. The average molecular weight is 408 g/mol. The van der Waals surface area contributed by atoms with Gasteiger partial charge in [-0.2, -0.15) is 18.3 Å². The van der Waals surface area contributed by atoms with Gasteiger partial charge in [0, 0.05) is 25.6 Å². The fourth-order valence-corrected chi connectivity index (χ4v) is 3.80. The van der Waals surface area contributed by atoms with Gasteiger partial charge in [0.25, 0.3) is 5.91 Å². The van der Waals surface area contributed by atoms with Crippen LogP contribution in [0.25, 0.3) is 0 Å². The number of anilines is 1. The number of aromatic nitrogens is 2. The highest BCUT2D eigenvalue weighted by molar-refractivity contribution is 5.93. The van der Waals surface area contributed by atoms with E-state index in [1.807, 2.05) is 31.2 Å². The third-order valence-corrected chi connectivity index (χ3v) is 5.42. The lowest BCUT2D eigenvalue weighted by Crippen LogP contribution is -2.36. The molecule has 0 saturated carbocycles. The smallest absolute Gasteiger partial charge is 0.376 e. The van der Waals surface area contributed by atoms with Crippen LogP contribution in [0.4, 0.5) is 19.0 Å². The van der Waals surface area contributed by atoms with Crippen molar-refractivity contribution >= 4 is 11.7 Å². The van der Waals surface area contributed by atoms with Crippen molar-refractivity contribution in [3.8, 4) is 0 Å². The summed E-state index contributed by atoms with van der Waals surface area (Å²) in [5, 5.41) is 9.77. The van der Waals surface area contributed by atoms with Gasteiger partial charge in [0.15, 0.2) is 11.7 Å². The quantitative estimate of drug-likeness (QED) is 0.808. The molecule has 2 N–H and O–H groups in total. The van der Waals surface area contributed by atoms with E-state index in [2.05, 4.69) is 15.7 Å². The Kier molecular flexibility index (Phi) is 5.24. The number of rotatable bonds is 4. The van der Waals surface area contributed by atoms with Gasteiger partial charge >= 0.3 is 6.18 Å². The molecule has 1 saturated heterocycles. The van der Waals surface area contributed by atoms with Crippen LogP contribution in [-0.2, 0) is 4.74 Å². The van der Waals surface area contributed by atoms with E-state index in [1.54, 1.807) is 0 Å². The number of benzene rings is 1. The van der Waals surface area contributed by atoms with Gasteiger partial charge in [-0.3, -0.25) is 4.79 Å². The lowest BCUT2D eigenvalue weighted by molar-refractivity contribution is -0.173. The van der Waals surface area contributed by atoms with Crippen molar-refractivity contribution < 1.29 is 22.7 Å². The van der Waals surface area contributed by atoms with Crippen LogP contribution in [0.15, 0.2) is 30.3 Å². The van der Waals surface area contributed by atoms with Crippen molar-refractivity contribution in [3.05, 3.63) is 47.2 Å². The third-order valence-electron chi connectivity index (χ3n) is 5.42. The zero-order valence-electron chi connectivity index (χ0n) is 16.0. The van der Waals surface area contributed by atoms with Gasteiger partial charge in [0.2, 0.25) is 0 Å². The van der Waals surface area contributed by atoms with Crippen LogP contribution >= 0.6 is 0 Å². The Morgan fingerprint density at radius 3 is 2.76 bits per heavy atom. The Morgan fingerprint density at radius 1 is 1.34 bits per heavy atom. The van der Waals surface area contributed by atoms with Crippen LogP contribution in [-0.4, -0.2) is 41.1 Å². The molecule has 0 spiro atoms. The molecule has 2 aromatic rings. The van der Waals surface area contributed by atoms with Crippen molar-refractivity contribution in [1.29, 1.82) is 0 Å². The predicted octanol–water partition coefficient (Wildman–Crippen LogP) is 3.76. The summed E-state index contributed by atoms with van der Waals surface area (Å²) in [6.45, 7) is 2.91.